The van der Waals surface area contributed by atoms with Crippen LogP contribution in [0.4, 0.5) is 0 Å². The largest absolute Gasteiger partial charge is 0.481 e. The molecule has 0 aliphatic carbocycles. The predicted molar refractivity (Wildman–Crippen MR) is 62.5 cm³/mol. The maximum atomic E-state index is 10.4. The molecule has 0 radical (unpaired) electrons. The average Bonchev–Trinajstić information content (AvgIpc) is 2.53. The molecule has 1 aromatic carbocycles. The molecule has 78 valence electrons. The van der Waals surface area contributed by atoms with Crippen molar-refractivity contribution >= 4 is 27.4 Å². The summed E-state index contributed by atoms with van der Waals surface area (Å²) in [7, 11) is 0. The van der Waals surface area contributed by atoms with Gasteiger partial charge in [0, 0.05) is 16.0 Å². The molecule has 2 nitrogen and oxygen atoms in total. The fourth-order valence-corrected chi connectivity index (χ4v) is 2.60. The summed E-state index contributed by atoms with van der Waals surface area (Å²) in [6, 6.07) is 8.32. The molecule has 2 aromatic rings. The number of rotatable bonds is 3. The standard InChI is InChI=1S/C12H12O2S/c1-8-6-10-4-2-9(3-5-12(13)14)7-11(10)15-8/h2,4,6-7H,3,5H2,1H3,(H,13,14). The van der Waals surface area contributed by atoms with Crippen molar-refractivity contribution in [3.05, 3.63) is 34.7 Å². The summed E-state index contributed by atoms with van der Waals surface area (Å²) in [5.74, 6) is -0.738. The van der Waals surface area contributed by atoms with Crippen LogP contribution in [0.25, 0.3) is 10.1 Å². The smallest absolute Gasteiger partial charge is 0.303 e. The molecule has 0 fully saturated rings. The van der Waals surface area contributed by atoms with Crippen LogP contribution in [0.1, 0.15) is 16.9 Å². The first-order valence-corrected chi connectivity index (χ1v) is 5.67. The molecule has 0 atom stereocenters. The Morgan fingerprint density at radius 1 is 1.40 bits per heavy atom. The number of benzene rings is 1. The van der Waals surface area contributed by atoms with Gasteiger partial charge in [-0.05, 0) is 36.4 Å². The maximum Gasteiger partial charge on any atom is 0.303 e. The van der Waals surface area contributed by atoms with Crippen LogP contribution < -0.4 is 0 Å². The number of carboxylic acids is 1. The van der Waals surface area contributed by atoms with Gasteiger partial charge >= 0.3 is 5.97 Å². The highest BCUT2D eigenvalue weighted by Crippen LogP contribution is 2.26. The minimum Gasteiger partial charge on any atom is -0.481 e. The Labute approximate surface area is 92.2 Å². The van der Waals surface area contributed by atoms with Crippen molar-refractivity contribution in [2.75, 3.05) is 0 Å². The van der Waals surface area contributed by atoms with Crippen LogP contribution in [-0.2, 0) is 11.2 Å². The summed E-state index contributed by atoms with van der Waals surface area (Å²) >= 11 is 1.75. The van der Waals surface area contributed by atoms with Crippen molar-refractivity contribution in [2.24, 2.45) is 0 Å². The Morgan fingerprint density at radius 3 is 2.93 bits per heavy atom. The van der Waals surface area contributed by atoms with Gasteiger partial charge in [-0.15, -0.1) is 11.3 Å². The van der Waals surface area contributed by atoms with E-state index in [1.165, 1.54) is 15.0 Å². The molecule has 3 heteroatoms. The van der Waals surface area contributed by atoms with Crippen LogP contribution in [0, 0.1) is 6.92 Å². The van der Waals surface area contributed by atoms with E-state index in [1.807, 2.05) is 6.07 Å². The molecule has 15 heavy (non-hydrogen) atoms. The van der Waals surface area contributed by atoms with E-state index >= 15 is 0 Å². The average molecular weight is 220 g/mol. The number of thiophene rings is 1. The second-order valence-electron chi connectivity index (χ2n) is 3.62. The molecule has 1 N–H and O–H groups in total. The van der Waals surface area contributed by atoms with Crippen LogP contribution >= 0.6 is 11.3 Å². The van der Waals surface area contributed by atoms with Gasteiger partial charge in [-0.25, -0.2) is 0 Å². The third kappa shape index (κ3) is 2.36. The van der Waals surface area contributed by atoms with Gasteiger partial charge in [-0.3, -0.25) is 4.79 Å². The SMILES string of the molecule is Cc1cc2ccc(CCC(=O)O)cc2s1. The summed E-state index contributed by atoms with van der Waals surface area (Å²) in [6.07, 6.45) is 0.818. The van der Waals surface area contributed by atoms with Crippen molar-refractivity contribution in [1.29, 1.82) is 0 Å². The second-order valence-corrected chi connectivity index (χ2v) is 4.91. The quantitative estimate of drug-likeness (QED) is 0.862. The first-order valence-electron chi connectivity index (χ1n) is 4.86. The summed E-state index contributed by atoms with van der Waals surface area (Å²) in [4.78, 5) is 11.7. The molecule has 0 aliphatic rings. The molecule has 0 unspecified atom stereocenters. The van der Waals surface area contributed by atoms with Gasteiger partial charge in [0.1, 0.15) is 0 Å². The number of hydrogen-bond acceptors (Lipinski definition) is 2. The molecular weight excluding hydrogens is 208 g/mol. The van der Waals surface area contributed by atoms with E-state index in [2.05, 4.69) is 25.1 Å². The third-order valence-electron chi connectivity index (χ3n) is 2.34. The Morgan fingerprint density at radius 2 is 2.20 bits per heavy atom. The lowest BCUT2D eigenvalue weighted by Gasteiger charge is -1.98. The molecule has 0 saturated carbocycles. The maximum absolute atomic E-state index is 10.4. The zero-order valence-corrected chi connectivity index (χ0v) is 9.30. The third-order valence-corrected chi connectivity index (χ3v) is 3.35. The topological polar surface area (TPSA) is 37.3 Å². The molecule has 2 rings (SSSR count). The van der Waals surface area contributed by atoms with E-state index in [0.29, 0.717) is 6.42 Å². The molecule has 0 bridgehead atoms. The number of fused-ring (bicyclic) bond motifs is 1. The van der Waals surface area contributed by atoms with E-state index in [-0.39, 0.29) is 6.42 Å². The van der Waals surface area contributed by atoms with Gasteiger partial charge in [0.15, 0.2) is 0 Å². The monoisotopic (exact) mass is 220 g/mol. The van der Waals surface area contributed by atoms with E-state index in [9.17, 15) is 4.79 Å². The Bertz CT molecular complexity index is 499. The molecular formula is C12H12O2S. The lowest BCUT2D eigenvalue weighted by Crippen LogP contribution is -1.96. The molecule has 0 amide bonds. The van der Waals surface area contributed by atoms with Crippen molar-refractivity contribution in [3.8, 4) is 0 Å². The minimum absolute atomic E-state index is 0.204. The van der Waals surface area contributed by atoms with Crippen molar-refractivity contribution in [3.63, 3.8) is 0 Å². The summed E-state index contributed by atoms with van der Waals surface area (Å²) in [6.45, 7) is 2.08. The fourth-order valence-electron chi connectivity index (χ4n) is 1.62. The normalized spacial score (nSPS) is 10.7. The lowest BCUT2D eigenvalue weighted by molar-refractivity contribution is -0.136. The Balaban J connectivity index is 2.26. The predicted octanol–water partition coefficient (Wildman–Crippen LogP) is 3.23. The number of carboxylic acid groups (broad SMARTS) is 1. The van der Waals surface area contributed by atoms with Gasteiger partial charge in [-0.1, -0.05) is 12.1 Å². The number of hydrogen-bond donors (Lipinski definition) is 1. The number of aryl methyl sites for hydroxylation is 2. The van der Waals surface area contributed by atoms with Gasteiger partial charge in [0.25, 0.3) is 0 Å². The summed E-state index contributed by atoms with van der Waals surface area (Å²) in [5.41, 5.74) is 1.10. The van der Waals surface area contributed by atoms with E-state index in [1.54, 1.807) is 11.3 Å². The van der Waals surface area contributed by atoms with Crippen LogP contribution in [0.3, 0.4) is 0 Å². The fraction of sp³-hybridized carbons (Fsp3) is 0.250. The molecule has 1 heterocycles. The number of carbonyl (C=O) groups is 1. The Hall–Kier alpha value is -1.35. The molecule has 0 aliphatic heterocycles. The Kier molecular flexibility index (Phi) is 2.73. The highest BCUT2D eigenvalue weighted by molar-refractivity contribution is 7.19. The molecule has 0 spiro atoms. The van der Waals surface area contributed by atoms with E-state index < -0.39 is 5.97 Å². The first kappa shape index (κ1) is 10.2. The summed E-state index contributed by atoms with van der Waals surface area (Å²) < 4.78 is 1.25. The van der Waals surface area contributed by atoms with Crippen LogP contribution in [-0.4, -0.2) is 11.1 Å². The highest BCUT2D eigenvalue weighted by atomic mass is 32.1. The zero-order valence-electron chi connectivity index (χ0n) is 8.49. The van der Waals surface area contributed by atoms with Crippen LogP contribution in [0.2, 0.25) is 0 Å². The van der Waals surface area contributed by atoms with Crippen LogP contribution in [0.5, 0.6) is 0 Å². The van der Waals surface area contributed by atoms with Gasteiger partial charge in [0.05, 0.1) is 0 Å². The number of aliphatic carboxylic acids is 1. The van der Waals surface area contributed by atoms with Crippen molar-refractivity contribution < 1.29 is 9.90 Å². The molecule has 0 saturated heterocycles. The van der Waals surface area contributed by atoms with Crippen molar-refractivity contribution in [2.45, 2.75) is 19.8 Å². The highest BCUT2D eigenvalue weighted by Gasteiger charge is 2.02. The second kappa shape index (κ2) is 4.03. The van der Waals surface area contributed by atoms with Gasteiger partial charge in [0.2, 0.25) is 0 Å². The van der Waals surface area contributed by atoms with Gasteiger partial charge in [-0.2, -0.15) is 0 Å². The van der Waals surface area contributed by atoms with Gasteiger partial charge < -0.3 is 5.11 Å². The summed E-state index contributed by atoms with van der Waals surface area (Å²) in [5, 5.41) is 9.84. The van der Waals surface area contributed by atoms with Crippen LogP contribution in [0.15, 0.2) is 24.3 Å². The lowest BCUT2D eigenvalue weighted by atomic mass is 10.1. The van der Waals surface area contributed by atoms with E-state index in [0.717, 1.165) is 5.56 Å². The first-order chi connectivity index (χ1) is 7.15. The minimum atomic E-state index is -0.738. The van der Waals surface area contributed by atoms with E-state index in [4.69, 9.17) is 5.11 Å². The zero-order chi connectivity index (χ0) is 10.8. The molecule has 1 aromatic heterocycles. The van der Waals surface area contributed by atoms with Crippen molar-refractivity contribution in [1.82, 2.24) is 0 Å².